The lowest BCUT2D eigenvalue weighted by Crippen LogP contribution is -2.35. The smallest absolute Gasteiger partial charge is 0.283 e. The minimum atomic E-state index is -3.57. The molecule has 0 bridgehead atoms. The van der Waals surface area contributed by atoms with Gasteiger partial charge < -0.3 is 9.64 Å². The molecule has 1 aromatic carbocycles. The Bertz CT molecular complexity index is 479. The van der Waals surface area contributed by atoms with E-state index in [2.05, 4.69) is 4.40 Å². The van der Waals surface area contributed by atoms with Crippen LogP contribution in [-0.4, -0.2) is 46.0 Å². The summed E-state index contributed by atoms with van der Waals surface area (Å²) >= 11 is 0. The third-order valence-electron chi connectivity index (χ3n) is 2.44. The Hall–Kier alpha value is -1.40. The highest BCUT2D eigenvalue weighted by atomic mass is 32.2. The lowest BCUT2D eigenvalue weighted by molar-refractivity contribution is 0.0701. The number of morpholine rings is 1. The summed E-state index contributed by atoms with van der Waals surface area (Å²) in [7, 11) is -3.57. The van der Waals surface area contributed by atoms with Gasteiger partial charge in [-0.2, -0.15) is 8.42 Å². The molecule has 0 unspecified atom stereocenters. The van der Waals surface area contributed by atoms with Gasteiger partial charge in [-0.3, -0.25) is 0 Å². The molecule has 0 atom stereocenters. The Morgan fingerprint density at radius 2 is 1.82 bits per heavy atom. The summed E-state index contributed by atoms with van der Waals surface area (Å²) in [5.74, 6) is 0. The zero-order valence-electron chi connectivity index (χ0n) is 9.32. The first-order chi connectivity index (χ1) is 8.18. The summed E-state index contributed by atoms with van der Waals surface area (Å²) in [4.78, 5) is 2.05. The van der Waals surface area contributed by atoms with Gasteiger partial charge in [-0.05, 0) is 12.1 Å². The van der Waals surface area contributed by atoms with Crippen molar-refractivity contribution in [1.82, 2.24) is 4.90 Å². The fourth-order valence-electron chi connectivity index (χ4n) is 1.47. The first-order valence-corrected chi connectivity index (χ1v) is 6.80. The molecule has 0 saturated carbocycles. The van der Waals surface area contributed by atoms with E-state index in [0.717, 1.165) is 0 Å². The zero-order chi connectivity index (χ0) is 12.1. The van der Waals surface area contributed by atoms with Crippen molar-refractivity contribution >= 4 is 16.4 Å². The van der Waals surface area contributed by atoms with E-state index >= 15 is 0 Å². The molecule has 17 heavy (non-hydrogen) atoms. The van der Waals surface area contributed by atoms with E-state index in [-0.39, 0.29) is 4.90 Å². The van der Waals surface area contributed by atoms with Crippen molar-refractivity contribution in [1.29, 1.82) is 0 Å². The second kappa shape index (κ2) is 5.29. The van der Waals surface area contributed by atoms with Crippen LogP contribution in [0, 0.1) is 0 Å². The van der Waals surface area contributed by atoms with Crippen LogP contribution in [0.2, 0.25) is 0 Å². The lowest BCUT2D eigenvalue weighted by atomic mass is 10.4. The molecule has 0 aliphatic carbocycles. The van der Waals surface area contributed by atoms with Crippen LogP contribution in [0.1, 0.15) is 0 Å². The average molecular weight is 254 g/mol. The van der Waals surface area contributed by atoms with E-state index < -0.39 is 10.0 Å². The first-order valence-electron chi connectivity index (χ1n) is 5.36. The van der Waals surface area contributed by atoms with Crippen molar-refractivity contribution in [3.05, 3.63) is 30.3 Å². The highest BCUT2D eigenvalue weighted by molar-refractivity contribution is 7.90. The Morgan fingerprint density at radius 1 is 1.18 bits per heavy atom. The maximum Gasteiger partial charge on any atom is 0.283 e. The van der Waals surface area contributed by atoms with Crippen LogP contribution in [-0.2, 0) is 14.8 Å². The van der Waals surface area contributed by atoms with Crippen molar-refractivity contribution in [2.75, 3.05) is 26.3 Å². The molecule has 0 spiro atoms. The minimum Gasteiger partial charge on any atom is -0.378 e. The van der Waals surface area contributed by atoms with Gasteiger partial charge in [-0.15, -0.1) is 4.40 Å². The molecule has 0 aromatic heterocycles. The van der Waals surface area contributed by atoms with E-state index in [9.17, 15) is 8.42 Å². The van der Waals surface area contributed by atoms with Gasteiger partial charge in [0.2, 0.25) is 0 Å². The number of rotatable bonds is 3. The summed E-state index contributed by atoms with van der Waals surface area (Å²) in [6.45, 7) is 2.57. The molecule has 92 valence electrons. The normalized spacial score (nSPS) is 17.5. The van der Waals surface area contributed by atoms with Gasteiger partial charge in [-0.25, -0.2) is 0 Å². The third-order valence-corrected chi connectivity index (χ3v) is 3.68. The second-order valence-electron chi connectivity index (χ2n) is 3.66. The number of benzene rings is 1. The summed E-state index contributed by atoms with van der Waals surface area (Å²) in [6.07, 6.45) is 1.38. The molecular weight excluding hydrogens is 240 g/mol. The highest BCUT2D eigenvalue weighted by Crippen LogP contribution is 2.10. The van der Waals surface area contributed by atoms with E-state index in [1.807, 2.05) is 4.90 Å². The predicted molar refractivity (Wildman–Crippen MR) is 64.5 cm³/mol. The molecule has 1 saturated heterocycles. The Morgan fingerprint density at radius 3 is 2.47 bits per heavy atom. The standard InChI is InChI=1S/C11H14N2O3S/c14-17(15,11-4-2-1-3-5-11)12-10-13-6-8-16-9-7-13/h1-5,10H,6-9H2. The highest BCUT2D eigenvalue weighted by Gasteiger charge is 2.12. The fourth-order valence-corrected chi connectivity index (χ4v) is 2.36. The van der Waals surface area contributed by atoms with Gasteiger partial charge in [0.1, 0.15) is 6.34 Å². The van der Waals surface area contributed by atoms with Gasteiger partial charge in [0, 0.05) is 13.1 Å². The van der Waals surface area contributed by atoms with E-state index in [4.69, 9.17) is 4.74 Å². The van der Waals surface area contributed by atoms with Crippen molar-refractivity contribution < 1.29 is 13.2 Å². The molecule has 5 nitrogen and oxygen atoms in total. The average Bonchev–Trinajstić information content (AvgIpc) is 2.39. The molecule has 0 amide bonds. The monoisotopic (exact) mass is 254 g/mol. The van der Waals surface area contributed by atoms with Crippen LogP contribution in [0.3, 0.4) is 0 Å². The summed E-state index contributed by atoms with van der Waals surface area (Å²) in [6, 6.07) is 8.19. The molecule has 6 heteroatoms. The van der Waals surface area contributed by atoms with Crippen LogP contribution in [0.5, 0.6) is 0 Å². The molecule has 0 radical (unpaired) electrons. The van der Waals surface area contributed by atoms with Gasteiger partial charge in [0.15, 0.2) is 0 Å². The minimum absolute atomic E-state index is 0.213. The number of hydrogen-bond donors (Lipinski definition) is 0. The second-order valence-corrected chi connectivity index (χ2v) is 5.29. The Balaban J connectivity index is 2.09. The lowest BCUT2D eigenvalue weighted by Gasteiger charge is -2.23. The number of hydrogen-bond acceptors (Lipinski definition) is 3. The van der Waals surface area contributed by atoms with Crippen molar-refractivity contribution in [3.8, 4) is 0 Å². The van der Waals surface area contributed by atoms with E-state index in [1.165, 1.54) is 18.5 Å². The van der Waals surface area contributed by atoms with Gasteiger partial charge in [0.25, 0.3) is 10.0 Å². The molecule has 1 heterocycles. The summed E-state index contributed by atoms with van der Waals surface area (Å²) in [5, 5.41) is 0. The van der Waals surface area contributed by atoms with Crippen molar-refractivity contribution in [3.63, 3.8) is 0 Å². The predicted octanol–water partition coefficient (Wildman–Crippen LogP) is 0.736. The maximum absolute atomic E-state index is 11.8. The maximum atomic E-state index is 11.8. The molecular formula is C11H14N2O3S. The molecule has 1 aliphatic heterocycles. The zero-order valence-corrected chi connectivity index (χ0v) is 10.1. The Labute approximate surface area is 101 Å². The van der Waals surface area contributed by atoms with E-state index in [0.29, 0.717) is 26.3 Å². The van der Waals surface area contributed by atoms with Crippen LogP contribution in [0.15, 0.2) is 39.6 Å². The van der Waals surface area contributed by atoms with Gasteiger partial charge >= 0.3 is 0 Å². The summed E-state index contributed by atoms with van der Waals surface area (Å²) < 4.78 is 32.5. The van der Waals surface area contributed by atoms with Crippen molar-refractivity contribution in [2.24, 2.45) is 4.40 Å². The van der Waals surface area contributed by atoms with Crippen molar-refractivity contribution in [2.45, 2.75) is 4.90 Å². The molecule has 1 aliphatic rings. The van der Waals surface area contributed by atoms with Crippen LogP contribution in [0.25, 0.3) is 0 Å². The number of nitrogens with zero attached hydrogens (tertiary/aromatic N) is 2. The first kappa shape index (κ1) is 12.1. The summed E-state index contributed by atoms with van der Waals surface area (Å²) in [5.41, 5.74) is 0. The fraction of sp³-hybridized carbons (Fsp3) is 0.364. The largest absolute Gasteiger partial charge is 0.378 e. The van der Waals surface area contributed by atoms with Crippen LogP contribution in [0.4, 0.5) is 0 Å². The SMILES string of the molecule is O=S(=O)(N=CN1CCOCC1)c1ccccc1. The molecule has 1 aromatic rings. The Kier molecular flexibility index (Phi) is 3.75. The third kappa shape index (κ3) is 3.28. The number of ether oxygens (including phenoxy) is 1. The molecule has 1 fully saturated rings. The van der Waals surface area contributed by atoms with Gasteiger partial charge in [0.05, 0.1) is 18.1 Å². The number of sulfonamides is 1. The van der Waals surface area contributed by atoms with E-state index in [1.54, 1.807) is 18.2 Å². The molecule has 0 N–H and O–H groups in total. The quantitative estimate of drug-likeness (QED) is 0.589. The molecule has 2 rings (SSSR count). The van der Waals surface area contributed by atoms with Crippen LogP contribution < -0.4 is 0 Å². The topological polar surface area (TPSA) is 59.0 Å². The van der Waals surface area contributed by atoms with Crippen LogP contribution >= 0.6 is 0 Å². The van der Waals surface area contributed by atoms with Gasteiger partial charge in [-0.1, -0.05) is 18.2 Å².